The highest BCUT2D eigenvalue weighted by molar-refractivity contribution is 5.70. The average Bonchev–Trinajstić information content (AvgIpc) is 2.46. The van der Waals surface area contributed by atoms with Gasteiger partial charge in [-0.05, 0) is 35.7 Å². The smallest absolute Gasteiger partial charge is 0.350 e. The van der Waals surface area contributed by atoms with Gasteiger partial charge < -0.3 is 5.32 Å². The van der Waals surface area contributed by atoms with Crippen molar-refractivity contribution in [2.24, 2.45) is 0 Å². The quantitative estimate of drug-likeness (QED) is 0.598. The van der Waals surface area contributed by atoms with E-state index in [2.05, 4.69) is 5.32 Å². The lowest BCUT2D eigenvalue weighted by Gasteiger charge is -2.11. The maximum atomic E-state index is 12.7. The molecular weight excluding hydrogens is 309 g/mol. The van der Waals surface area contributed by atoms with Gasteiger partial charge in [-0.2, -0.15) is 13.2 Å². The Bertz CT molecular complexity index is 710. The van der Waals surface area contributed by atoms with Gasteiger partial charge in [-0.3, -0.25) is 10.1 Å². The minimum Gasteiger partial charge on any atom is -0.350 e. The summed E-state index contributed by atoms with van der Waals surface area (Å²) >= 11 is 0. The van der Waals surface area contributed by atoms with Crippen LogP contribution in [0, 0.1) is 10.1 Å². The van der Waals surface area contributed by atoms with Gasteiger partial charge in [0.25, 0.3) is 5.69 Å². The number of rotatable bonds is 4. The summed E-state index contributed by atoms with van der Waals surface area (Å²) in [4.78, 5) is 10.2. The summed E-state index contributed by atoms with van der Waals surface area (Å²) in [6.07, 6.45) is -4.62. The standard InChI is InChI=1S/C16H15F3N2O2/c1-10(2)11-3-6-13(7-4-11)20-14-8-5-12(16(17,18)19)9-15(14)21(22)23/h3-10,20H,1-2H3. The van der Waals surface area contributed by atoms with E-state index >= 15 is 0 Å². The van der Waals surface area contributed by atoms with Crippen molar-refractivity contribution >= 4 is 17.1 Å². The molecule has 0 atom stereocenters. The van der Waals surface area contributed by atoms with E-state index in [9.17, 15) is 23.3 Å². The lowest BCUT2D eigenvalue weighted by Crippen LogP contribution is -2.06. The second-order valence-corrected chi connectivity index (χ2v) is 5.39. The Hall–Kier alpha value is -2.57. The van der Waals surface area contributed by atoms with Crippen molar-refractivity contribution in [3.63, 3.8) is 0 Å². The fourth-order valence-electron chi connectivity index (χ4n) is 2.07. The van der Waals surface area contributed by atoms with Crippen LogP contribution in [0.4, 0.5) is 30.2 Å². The van der Waals surface area contributed by atoms with E-state index in [1.165, 1.54) is 0 Å². The number of hydrogen-bond acceptors (Lipinski definition) is 3. The van der Waals surface area contributed by atoms with Crippen LogP contribution in [0.25, 0.3) is 0 Å². The summed E-state index contributed by atoms with van der Waals surface area (Å²) in [5.74, 6) is 0.337. The van der Waals surface area contributed by atoms with Crippen LogP contribution in [0.1, 0.15) is 30.9 Å². The third-order valence-corrected chi connectivity index (χ3v) is 3.38. The van der Waals surface area contributed by atoms with Crippen LogP contribution in [-0.2, 0) is 6.18 Å². The summed E-state index contributed by atoms with van der Waals surface area (Å²) in [6, 6.07) is 9.61. The molecule has 0 aromatic heterocycles. The average molecular weight is 324 g/mol. The number of nitrogens with one attached hydrogen (secondary N) is 1. The topological polar surface area (TPSA) is 55.2 Å². The Morgan fingerprint density at radius 2 is 1.70 bits per heavy atom. The van der Waals surface area contributed by atoms with Crippen LogP contribution in [-0.4, -0.2) is 4.92 Å². The summed E-state index contributed by atoms with van der Waals surface area (Å²) in [7, 11) is 0. The Kier molecular flexibility index (Phi) is 4.58. The van der Waals surface area contributed by atoms with Crippen molar-refractivity contribution in [2.45, 2.75) is 25.9 Å². The lowest BCUT2D eigenvalue weighted by atomic mass is 10.0. The highest BCUT2D eigenvalue weighted by Crippen LogP contribution is 2.36. The molecule has 23 heavy (non-hydrogen) atoms. The number of benzene rings is 2. The zero-order valence-corrected chi connectivity index (χ0v) is 12.5. The number of nitro benzene ring substituents is 1. The first kappa shape index (κ1) is 16.8. The molecule has 0 aliphatic heterocycles. The fourth-order valence-corrected chi connectivity index (χ4v) is 2.07. The van der Waals surface area contributed by atoms with Crippen molar-refractivity contribution in [3.05, 3.63) is 63.7 Å². The van der Waals surface area contributed by atoms with E-state index in [-0.39, 0.29) is 5.69 Å². The molecule has 0 radical (unpaired) electrons. The molecule has 0 heterocycles. The second-order valence-electron chi connectivity index (χ2n) is 5.39. The van der Waals surface area contributed by atoms with Gasteiger partial charge in [-0.1, -0.05) is 26.0 Å². The second kappa shape index (κ2) is 6.28. The Morgan fingerprint density at radius 3 is 2.17 bits per heavy atom. The zero-order chi connectivity index (χ0) is 17.2. The van der Waals surface area contributed by atoms with Crippen molar-refractivity contribution in [1.82, 2.24) is 0 Å². The Morgan fingerprint density at radius 1 is 1.09 bits per heavy atom. The molecule has 0 spiro atoms. The zero-order valence-electron chi connectivity index (χ0n) is 12.5. The molecule has 2 aromatic rings. The lowest BCUT2D eigenvalue weighted by molar-refractivity contribution is -0.384. The largest absolute Gasteiger partial charge is 0.416 e. The molecule has 0 saturated carbocycles. The van der Waals surface area contributed by atoms with Gasteiger partial charge in [0.05, 0.1) is 10.5 Å². The monoisotopic (exact) mass is 324 g/mol. The molecule has 2 aromatic carbocycles. The highest BCUT2D eigenvalue weighted by atomic mass is 19.4. The van der Waals surface area contributed by atoms with E-state index in [0.717, 1.165) is 17.7 Å². The number of nitro groups is 1. The minimum atomic E-state index is -4.62. The number of anilines is 2. The van der Waals surface area contributed by atoms with Crippen molar-refractivity contribution < 1.29 is 18.1 Å². The molecule has 0 aliphatic carbocycles. The van der Waals surface area contributed by atoms with E-state index in [1.54, 1.807) is 12.1 Å². The number of nitrogens with zero attached hydrogens (tertiary/aromatic N) is 1. The van der Waals surface area contributed by atoms with Crippen LogP contribution < -0.4 is 5.32 Å². The van der Waals surface area contributed by atoms with Gasteiger partial charge in [0.1, 0.15) is 5.69 Å². The van der Waals surface area contributed by atoms with Crippen LogP contribution in [0.2, 0.25) is 0 Å². The fraction of sp³-hybridized carbons (Fsp3) is 0.250. The first-order chi connectivity index (χ1) is 10.7. The molecule has 4 nitrogen and oxygen atoms in total. The number of halogens is 3. The van der Waals surface area contributed by atoms with Crippen LogP contribution in [0.15, 0.2) is 42.5 Å². The van der Waals surface area contributed by atoms with Crippen molar-refractivity contribution in [2.75, 3.05) is 5.32 Å². The summed E-state index contributed by atoms with van der Waals surface area (Å²) in [6.45, 7) is 4.06. The minimum absolute atomic E-state index is 0.0142. The third kappa shape index (κ3) is 4.00. The normalized spacial score (nSPS) is 11.6. The van der Waals surface area contributed by atoms with Gasteiger partial charge in [0, 0.05) is 11.8 Å². The van der Waals surface area contributed by atoms with Crippen LogP contribution >= 0.6 is 0 Å². The summed E-state index contributed by atoms with van der Waals surface area (Å²) in [5.41, 5.74) is 0.00712. The van der Waals surface area contributed by atoms with E-state index in [0.29, 0.717) is 17.7 Å². The number of alkyl halides is 3. The predicted octanol–water partition coefficient (Wildman–Crippen LogP) is 5.48. The summed E-state index contributed by atoms with van der Waals surface area (Å²) in [5, 5.41) is 13.8. The van der Waals surface area contributed by atoms with Gasteiger partial charge in [0.2, 0.25) is 0 Å². The highest BCUT2D eigenvalue weighted by Gasteiger charge is 2.33. The molecule has 0 unspecified atom stereocenters. The molecule has 122 valence electrons. The molecule has 7 heteroatoms. The van der Waals surface area contributed by atoms with Crippen molar-refractivity contribution in [3.8, 4) is 0 Å². The first-order valence-corrected chi connectivity index (χ1v) is 6.91. The van der Waals surface area contributed by atoms with Gasteiger partial charge in [0.15, 0.2) is 0 Å². The third-order valence-electron chi connectivity index (χ3n) is 3.38. The molecule has 0 bridgehead atoms. The molecule has 2 rings (SSSR count). The van der Waals surface area contributed by atoms with Crippen molar-refractivity contribution in [1.29, 1.82) is 0 Å². The van der Waals surface area contributed by atoms with E-state index in [1.807, 2.05) is 26.0 Å². The van der Waals surface area contributed by atoms with Gasteiger partial charge >= 0.3 is 6.18 Å². The maximum absolute atomic E-state index is 12.7. The van der Waals surface area contributed by atoms with Gasteiger partial charge in [-0.15, -0.1) is 0 Å². The van der Waals surface area contributed by atoms with Crippen LogP contribution in [0.3, 0.4) is 0 Å². The van der Waals surface area contributed by atoms with Gasteiger partial charge in [-0.25, -0.2) is 0 Å². The maximum Gasteiger partial charge on any atom is 0.416 e. The number of hydrogen-bond donors (Lipinski definition) is 1. The van der Waals surface area contributed by atoms with E-state index in [4.69, 9.17) is 0 Å². The molecular formula is C16H15F3N2O2. The van der Waals surface area contributed by atoms with Crippen LogP contribution in [0.5, 0.6) is 0 Å². The summed E-state index contributed by atoms with van der Waals surface area (Å²) < 4.78 is 38.0. The molecule has 0 amide bonds. The SMILES string of the molecule is CC(C)c1ccc(Nc2ccc(C(F)(F)F)cc2[N+](=O)[O-])cc1. The predicted molar refractivity (Wildman–Crippen MR) is 81.9 cm³/mol. The molecule has 0 fully saturated rings. The molecule has 1 N–H and O–H groups in total. The Labute approximate surface area is 131 Å². The Balaban J connectivity index is 2.34. The van der Waals surface area contributed by atoms with E-state index < -0.39 is 22.4 Å². The first-order valence-electron chi connectivity index (χ1n) is 6.91. The molecule has 0 saturated heterocycles. The molecule has 0 aliphatic rings.